The van der Waals surface area contributed by atoms with E-state index in [2.05, 4.69) is 17.2 Å². The van der Waals surface area contributed by atoms with Gasteiger partial charge in [-0.25, -0.2) is 4.79 Å². The second-order valence-electron chi connectivity index (χ2n) is 5.25. The fraction of sp³-hybridized carbons (Fsp3) is 0.211. The summed E-state index contributed by atoms with van der Waals surface area (Å²) in [7, 11) is 0. The molecule has 1 N–H and O–H groups in total. The lowest BCUT2D eigenvalue weighted by Crippen LogP contribution is -2.33. The molecule has 1 heterocycles. The van der Waals surface area contributed by atoms with E-state index in [1.165, 1.54) is 0 Å². The quantitative estimate of drug-likeness (QED) is 0.883. The Balaban J connectivity index is 1.65. The molecule has 0 aromatic heterocycles. The summed E-state index contributed by atoms with van der Waals surface area (Å²) in [5, 5.41) is 2.84. The number of amides is 1. The van der Waals surface area contributed by atoms with Crippen molar-refractivity contribution in [1.29, 1.82) is 0 Å². The second kappa shape index (κ2) is 6.82. The van der Waals surface area contributed by atoms with Crippen LogP contribution in [0.3, 0.4) is 0 Å². The average Bonchev–Trinajstić information content (AvgIpc) is 2.89. The van der Waals surface area contributed by atoms with Gasteiger partial charge in [-0.05, 0) is 17.5 Å². The predicted octanol–water partition coefficient (Wildman–Crippen LogP) is 2.95. The van der Waals surface area contributed by atoms with Crippen molar-refractivity contribution in [2.24, 2.45) is 0 Å². The summed E-state index contributed by atoms with van der Waals surface area (Å²) >= 11 is 0. The second-order valence-corrected chi connectivity index (χ2v) is 5.25. The molecule has 2 atom stereocenters. The Hall–Kier alpha value is -2.73. The van der Waals surface area contributed by atoms with E-state index in [0.29, 0.717) is 6.42 Å². The smallest absolute Gasteiger partial charge is 0.408 e. The molecule has 1 aliphatic rings. The largest absolute Gasteiger partial charge is 0.431 e. The van der Waals surface area contributed by atoms with Crippen LogP contribution in [0.2, 0.25) is 0 Å². The predicted molar refractivity (Wildman–Crippen MR) is 85.3 cm³/mol. The number of hydrogen-bond donors (Lipinski definition) is 1. The Labute approximate surface area is 130 Å². The molecule has 2 aromatic rings. The van der Waals surface area contributed by atoms with Crippen LogP contribution in [0.1, 0.15) is 11.1 Å². The number of nitrogens with one attached hydrogen (secondary N) is 1. The molecule has 0 bridgehead atoms. The third-order valence-corrected chi connectivity index (χ3v) is 3.58. The molecule has 3 nitrogen and oxygen atoms in total. The third kappa shape index (κ3) is 3.67. The maximum absolute atomic E-state index is 11.5. The van der Waals surface area contributed by atoms with Crippen molar-refractivity contribution < 1.29 is 9.53 Å². The number of alkyl carbamates (subject to hydrolysis) is 1. The Morgan fingerprint density at radius 1 is 0.955 bits per heavy atom. The van der Waals surface area contributed by atoms with Gasteiger partial charge >= 0.3 is 6.09 Å². The molecule has 110 valence electrons. The number of benzene rings is 2. The Morgan fingerprint density at radius 2 is 1.59 bits per heavy atom. The van der Waals surface area contributed by atoms with Crippen LogP contribution in [0.5, 0.6) is 0 Å². The first kappa shape index (κ1) is 14.2. The summed E-state index contributed by atoms with van der Waals surface area (Å²) in [6, 6.07) is 20.0. The average molecular weight is 291 g/mol. The van der Waals surface area contributed by atoms with Gasteiger partial charge in [-0.2, -0.15) is 0 Å². The van der Waals surface area contributed by atoms with Crippen LogP contribution in [-0.2, 0) is 17.6 Å². The van der Waals surface area contributed by atoms with Gasteiger partial charge in [-0.3, -0.25) is 0 Å². The van der Waals surface area contributed by atoms with E-state index in [1.807, 2.05) is 60.7 Å². The van der Waals surface area contributed by atoms with Gasteiger partial charge in [0.05, 0.1) is 6.04 Å². The minimum atomic E-state index is -0.392. The molecule has 3 rings (SSSR count). The van der Waals surface area contributed by atoms with Gasteiger partial charge in [0.15, 0.2) is 6.10 Å². The first-order valence-corrected chi connectivity index (χ1v) is 7.34. The zero-order chi connectivity index (χ0) is 15.2. The SMILES string of the molecule is O=C1N[C@@H](Cc2ccccc2)[C@@H](C#CCc2ccccc2)O1. The Morgan fingerprint density at radius 3 is 2.27 bits per heavy atom. The van der Waals surface area contributed by atoms with Crippen LogP contribution in [0, 0.1) is 11.8 Å². The first-order chi connectivity index (χ1) is 10.8. The van der Waals surface area contributed by atoms with Crippen molar-refractivity contribution >= 4 is 6.09 Å². The van der Waals surface area contributed by atoms with E-state index < -0.39 is 6.10 Å². The van der Waals surface area contributed by atoms with Crippen molar-refractivity contribution in [2.45, 2.75) is 25.0 Å². The molecular formula is C19H17NO2. The van der Waals surface area contributed by atoms with E-state index in [9.17, 15) is 4.79 Å². The van der Waals surface area contributed by atoms with Crippen molar-refractivity contribution in [1.82, 2.24) is 5.32 Å². The van der Waals surface area contributed by atoms with E-state index in [1.54, 1.807) is 0 Å². The van der Waals surface area contributed by atoms with Gasteiger partial charge in [0.2, 0.25) is 0 Å². The molecular weight excluding hydrogens is 274 g/mol. The number of carbonyl (C=O) groups excluding carboxylic acids is 1. The molecule has 22 heavy (non-hydrogen) atoms. The summed E-state index contributed by atoms with van der Waals surface area (Å²) < 4.78 is 5.26. The molecule has 0 saturated carbocycles. The van der Waals surface area contributed by atoms with Crippen molar-refractivity contribution in [3.63, 3.8) is 0 Å². The minimum absolute atomic E-state index is 0.0989. The maximum Gasteiger partial charge on any atom is 0.408 e. The summed E-state index contributed by atoms with van der Waals surface area (Å²) in [4.78, 5) is 11.5. The highest BCUT2D eigenvalue weighted by atomic mass is 16.6. The molecule has 0 aliphatic carbocycles. The van der Waals surface area contributed by atoms with Crippen molar-refractivity contribution in [3.8, 4) is 11.8 Å². The fourth-order valence-electron chi connectivity index (χ4n) is 2.46. The topological polar surface area (TPSA) is 38.3 Å². The first-order valence-electron chi connectivity index (χ1n) is 7.34. The van der Waals surface area contributed by atoms with Gasteiger partial charge in [0.1, 0.15) is 0 Å². The highest BCUT2D eigenvalue weighted by Crippen LogP contribution is 2.14. The molecule has 1 aliphatic heterocycles. The number of cyclic esters (lactones) is 1. The van der Waals surface area contributed by atoms with Crippen LogP contribution < -0.4 is 5.32 Å². The summed E-state index contributed by atoms with van der Waals surface area (Å²) in [6.07, 6.45) is 0.598. The minimum Gasteiger partial charge on any atom is -0.431 e. The van der Waals surface area contributed by atoms with Gasteiger partial charge < -0.3 is 10.1 Å². The molecule has 1 amide bonds. The van der Waals surface area contributed by atoms with Gasteiger partial charge in [-0.15, -0.1) is 0 Å². The molecule has 0 unspecified atom stereocenters. The van der Waals surface area contributed by atoms with E-state index in [-0.39, 0.29) is 12.1 Å². The van der Waals surface area contributed by atoms with Crippen molar-refractivity contribution in [3.05, 3.63) is 71.8 Å². The fourth-order valence-corrected chi connectivity index (χ4v) is 2.46. The van der Waals surface area contributed by atoms with Crippen LogP contribution >= 0.6 is 0 Å². The summed E-state index contributed by atoms with van der Waals surface area (Å²) in [6.45, 7) is 0. The lowest BCUT2D eigenvalue weighted by atomic mass is 10.0. The highest BCUT2D eigenvalue weighted by Gasteiger charge is 2.32. The zero-order valence-electron chi connectivity index (χ0n) is 12.2. The zero-order valence-corrected chi connectivity index (χ0v) is 12.2. The highest BCUT2D eigenvalue weighted by molar-refractivity contribution is 5.71. The van der Waals surface area contributed by atoms with Gasteiger partial charge in [0, 0.05) is 6.42 Å². The number of rotatable bonds is 3. The van der Waals surface area contributed by atoms with Crippen molar-refractivity contribution in [2.75, 3.05) is 0 Å². The maximum atomic E-state index is 11.5. The number of hydrogen-bond acceptors (Lipinski definition) is 2. The van der Waals surface area contributed by atoms with Gasteiger partial charge in [-0.1, -0.05) is 72.5 Å². The lowest BCUT2D eigenvalue weighted by molar-refractivity contribution is 0.156. The number of ether oxygens (including phenoxy) is 1. The Kier molecular flexibility index (Phi) is 4.41. The van der Waals surface area contributed by atoms with Crippen LogP contribution in [-0.4, -0.2) is 18.2 Å². The standard InChI is InChI=1S/C19H17NO2/c21-19-20-17(14-16-10-5-2-6-11-16)18(22-19)13-7-12-15-8-3-1-4-9-15/h1-6,8-11,17-18H,12,14H2,(H,20,21)/t17-,18+/m0/s1. The molecule has 1 saturated heterocycles. The van der Waals surface area contributed by atoms with Crippen LogP contribution in [0.4, 0.5) is 4.79 Å². The lowest BCUT2D eigenvalue weighted by Gasteiger charge is -2.11. The summed E-state index contributed by atoms with van der Waals surface area (Å²) in [5.41, 5.74) is 2.32. The monoisotopic (exact) mass is 291 g/mol. The molecule has 3 heteroatoms. The molecule has 0 spiro atoms. The molecule has 1 fully saturated rings. The van der Waals surface area contributed by atoms with Crippen LogP contribution in [0.25, 0.3) is 0 Å². The normalized spacial score (nSPS) is 19.7. The molecule has 2 aromatic carbocycles. The van der Waals surface area contributed by atoms with Crippen LogP contribution in [0.15, 0.2) is 60.7 Å². The number of carbonyl (C=O) groups is 1. The van der Waals surface area contributed by atoms with Gasteiger partial charge in [0.25, 0.3) is 0 Å². The Bertz CT molecular complexity index is 686. The van der Waals surface area contributed by atoms with E-state index >= 15 is 0 Å². The third-order valence-electron chi connectivity index (χ3n) is 3.58. The molecule has 0 radical (unpaired) electrons. The van der Waals surface area contributed by atoms with E-state index in [4.69, 9.17) is 4.74 Å². The van der Waals surface area contributed by atoms with E-state index in [0.717, 1.165) is 17.5 Å². The summed E-state index contributed by atoms with van der Waals surface area (Å²) in [5.74, 6) is 6.19.